The number of pyridine rings is 2. The van der Waals surface area contributed by atoms with Gasteiger partial charge in [0.25, 0.3) is 0 Å². The van der Waals surface area contributed by atoms with Gasteiger partial charge in [-0.2, -0.15) is 12.7 Å². The number of ether oxygens (including phenoxy) is 1. The molecule has 0 aliphatic rings. The number of hydrogen-bond acceptors (Lipinski definition) is 7. The van der Waals surface area contributed by atoms with Crippen LogP contribution >= 0.6 is 11.6 Å². The molecule has 3 aromatic heterocycles. The molecule has 4 aromatic rings. The predicted molar refractivity (Wildman–Crippen MR) is 124 cm³/mol. The number of halogens is 1. The summed E-state index contributed by atoms with van der Waals surface area (Å²) in [6.45, 7) is 4.61. The van der Waals surface area contributed by atoms with Crippen molar-refractivity contribution in [1.29, 1.82) is 0 Å². The highest BCUT2D eigenvalue weighted by atomic mass is 35.5. The summed E-state index contributed by atoms with van der Waals surface area (Å²) in [4.78, 5) is 8.84. The molecule has 0 unspecified atom stereocenters. The zero-order chi connectivity index (χ0) is 23.0. The number of fused-ring (bicyclic) bond motifs is 2. The largest absolute Gasteiger partial charge is 0.476 e. The molecular formula is C21H22ClN5O4S. The molecule has 168 valence electrons. The van der Waals surface area contributed by atoms with Crippen LogP contribution in [-0.2, 0) is 10.2 Å². The fourth-order valence-electron chi connectivity index (χ4n) is 3.03. The molecule has 11 heteroatoms. The van der Waals surface area contributed by atoms with Crippen molar-refractivity contribution in [3.63, 3.8) is 0 Å². The minimum absolute atomic E-state index is 0.116. The van der Waals surface area contributed by atoms with Gasteiger partial charge in [-0.25, -0.2) is 4.98 Å². The van der Waals surface area contributed by atoms with Crippen LogP contribution in [0.15, 0.2) is 41.2 Å². The Hall–Kier alpha value is -2.95. The van der Waals surface area contributed by atoms with Crippen LogP contribution in [0.5, 0.6) is 5.88 Å². The fraction of sp³-hybridized carbons (Fsp3) is 0.286. The molecular weight excluding hydrogens is 454 g/mol. The van der Waals surface area contributed by atoms with Gasteiger partial charge < -0.3 is 9.26 Å². The smallest absolute Gasteiger partial charge is 0.302 e. The van der Waals surface area contributed by atoms with E-state index in [9.17, 15) is 8.42 Å². The van der Waals surface area contributed by atoms with Crippen molar-refractivity contribution in [1.82, 2.24) is 19.4 Å². The van der Waals surface area contributed by atoms with Crippen LogP contribution in [0.1, 0.15) is 13.8 Å². The summed E-state index contributed by atoms with van der Waals surface area (Å²) < 4.78 is 38.9. The fourth-order valence-corrected chi connectivity index (χ4v) is 3.82. The summed E-state index contributed by atoms with van der Waals surface area (Å²) in [5.41, 5.74) is 1.78. The Morgan fingerprint density at radius 1 is 1.19 bits per heavy atom. The van der Waals surface area contributed by atoms with Crippen molar-refractivity contribution < 1.29 is 17.7 Å². The van der Waals surface area contributed by atoms with Crippen molar-refractivity contribution in [2.45, 2.75) is 13.8 Å². The van der Waals surface area contributed by atoms with E-state index in [2.05, 4.69) is 19.8 Å². The van der Waals surface area contributed by atoms with E-state index < -0.39 is 10.2 Å². The minimum Gasteiger partial charge on any atom is -0.476 e. The van der Waals surface area contributed by atoms with Crippen molar-refractivity contribution >= 4 is 49.4 Å². The Bertz CT molecular complexity index is 1400. The molecule has 0 saturated carbocycles. The zero-order valence-electron chi connectivity index (χ0n) is 18.0. The summed E-state index contributed by atoms with van der Waals surface area (Å²) in [5.74, 6) is 0.841. The molecule has 0 radical (unpaired) electrons. The van der Waals surface area contributed by atoms with Gasteiger partial charge in [0.15, 0.2) is 11.4 Å². The summed E-state index contributed by atoms with van der Waals surface area (Å²) in [6.07, 6.45) is 3.32. The summed E-state index contributed by atoms with van der Waals surface area (Å²) in [6, 6.07) is 7.15. The maximum atomic E-state index is 12.2. The number of rotatable bonds is 7. The molecule has 0 spiro atoms. The SMILES string of the molecule is CC(C)COc1ncc(-c2nccc3cc4c(NS(=O)(=O)N(C)C)noc4cc23)cc1Cl. The van der Waals surface area contributed by atoms with Gasteiger partial charge in [-0.05, 0) is 35.6 Å². The third-order valence-corrected chi connectivity index (χ3v) is 6.38. The monoisotopic (exact) mass is 475 g/mol. The lowest BCUT2D eigenvalue weighted by Gasteiger charge is -2.12. The number of hydrogen-bond donors (Lipinski definition) is 1. The first-order valence-electron chi connectivity index (χ1n) is 9.83. The third-order valence-electron chi connectivity index (χ3n) is 4.70. The molecule has 1 aromatic carbocycles. The maximum absolute atomic E-state index is 12.2. The van der Waals surface area contributed by atoms with Crippen molar-refractivity contribution in [2.75, 3.05) is 25.4 Å². The van der Waals surface area contributed by atoms with Crippen LogP contribution in [-0.4, -0.2) is 48.5 Å². The second kappa shape index (κ2) is 8.53. The van der Waals surface area contributed by atoms with Crippen molar-refractivity contribution in [2.24, 2.45) is 5.92 Å². The Morgan fingerprint density at radius 3 is 2.66 bits per heavy atom. The highest BCUT2D eigenvalue weighted by Crippen LogP contribution is 2.35. The van der Waals surface area contributed by atoms with E-state index in [4.69, 9.17) is 20.9 Å². The van der Waals surface area contributed by atoms with Gasteiger partial charge >= 0.3 is 10.2 Å². The first-order valence-corrected chi connectivity index (χ1v) is 11.6. The van der Waals surface area contributed by atoms with Crippen LogP contribution in [0, 0.1) is 5.92 Å². The lowest BCUT2D eigenvalue weighted by atomic mass is 10.0. The summed E-state index contributed by atoms with van der Waals surface area (Å²) >= 11 is 6.39. The number of benzene rings is 1. The Kier molecular flexibility index (Phi) is 5.93. The molecule has 0 aliphatic carbocycles. The second-order valence-electron chi connectivity index (χ2n) is 7.87. The maximum Gasteiger partial charge on any atom is 0.302 e. The van der Waals surface area contributed by atoms with Gasteiger partial charge in [0.1, 0.15) is 5.02 Å². The van der Waals surface area contributed by atoms with Crippen LogP contribution in [0.3, 0.4) is 0 Å². The van der Waals surface area contributed by atoms with E-state index in [1.807, 2.05) is 19.9 Å². The molecule has 1 N–H and O–H groups in total. The lowest BCUT2D eigenvalue weighted by molar-refractivity contribution is 0.261. The topological polar surface area (TPSA) is 110 Å². The van der Waals surface area contributed by atoms with E-state index in [1.54, 1.807) is 30.6 Å². The normalized spacial score (nSPS) is 12.2. The molecule has 32 heavy (non-hydrogen) atoms. The Balaban J connectivity index is 1.76. The number of nitrogens with one attached hydrogen (secondary N) is 1. The van der Waals surface area contributed by atoms with Gasteiger partial charge in [-0.15, -0.1) is 0 Å². The Morgan fingerprint density at radius 2 is 1.97 bits per heavy atom. The Labute approximate surface area is 190 Å². The molecule has 3 heterocycles. The van der Waals surface area contributed by atoms with E-state index >= 15 is 0 Å². The van der Waals surface area contributed by atoms with Crippen LogP contribution < -0.4 is 9.46 Å². The van der Waals surface area contributed by atoms with E-state index in [1.165, 1.54) is 14.1 Å². The standard InChI is InChI=1S/C21H22ClN5O4S/c1-12(2)11-30-21-17(22)8-14(10-24-21)19-15-9-18-16(7-13(15)5-6-23-19)20(25-31-18)26-32(28,29)27(3)4/h5-10,12H,11H2,1-4H3,(H,25,26). The zero-order valence-corrected chi connectivity index (χ0v) is 19.5. The van der Waals surface area contributed by atoms with E-state index in [-0.39, 0.29) is 5.82 Å². The van der Waals surface area contributed by atoms with Crippen LogP contribution in [0.25, 0.3) is 33.0 Å². The predicted octanol–water partition coefficient (Wildman–Crippen LogP) is 4.34. The van der Waals surface area contributed by atoms with Gasteiger partial charge in [-0.3, -0.25) is 9.71 Å². The van der Waals surface area contributed by atoms with Gasteiger partial charge in [0.05, 0.1) is 17.7 Å². The van der Waals surface area contributed by atoms with E-state index in [0.717, 1.165) is 15.1 Å². The minimum atomic E-state index is -3.72. The average molecular weight is 476 g/mol. The molecule has 0 atom stereocenters. The summed E-state index contributed by atoms with van der Waals surface area (Å²) in [7, 11) is -0.869. The average Bonchev–Trinajstić information content (AvgIpc) is 3.11. The molecule has 0 amide bonds. The second-order valence-corrected chi connectivity index (χ2v) is 10.2. The molecule has 9 nitrogen and oxygen atoms in total. The molecule has 4 rings (SSSR count). The molecule has 0 saturated heterocycles. The van der Waals surface area contributed by atoms with Crippen LogP contribution in [0.4, 0.5) is 5.82 Å². The van der Waals surface area contributed by atoms with Gasteiger partial charge in [0.2, 0.25) is 5.88 Å². The highest BCUT2D eigenvalue weighted by Gasteiger charge is 2.19. The molecule has 0 bridgehead atoms. The van der Waals surface area contributed by atoms with Gasteiger partial charge in [0, 0.05) is 37.4 Å². The number of nitrogens with zero attached hydrogens (tertiary/aromatic N) is 4. The number of anilines is 1. The van der Waals surface area contributed by atoms with Crippen molar-refractivity contribution in [3.8, 4) is 17.1 Å². The highest BCUT2D eigenvalue weighted by molar-refractivity contribution is 7.90. The first-order chi connectivity index (χ1) is 15.2. The van der Waals surface area contributed by atoms with E-state index in [0.29, 0.717) is 45.7 Å². The molecule has 0 aliphatic heterocycles. The summed E-state index contributed by atoms with van der Waals surface area (Å²) in [5, 5.41) is 6.42. The molecule has 0 fully saturated rings. The van der Waals surface area contributed by atoms with Crippen LogP contribution in [0.2, 0.25) is 5.02 Å². The van der Waals surface area contributed by atoms with Crippen molar-refractivity contribution in [3.05, 3.63) is 41.7 Å². The lowest BCUT2D eigenvalue weighted by Crippen LogP contribution is -2.29. The third kappa shape index (κ3) is 4.34. The first kappa shape index (κ1) is 22.3. The number of aromatic nitrogens is 3. The quantitative estimate of drug-likeness (QED) is 0.423. The van der Waals surface area contributed by atoms with Gasteiger partial charge in [-0.1, -0.05) is 30.6 Å².